The second kappa shape index (κ2) is 7.77. The molecule has 0 bridgehead atoms. The lowest BCUT2D eigenvalue weighted by Crippen LogP contribution is -2.33. The minimum atomic E-state index is -0.797. The summed E-state index contributed by atoms with van der Waals surface area (Å²) in [5.74, 6) is 0.139. The molecule has 1 unspecified atom stereocenters. The van der Waals surface area contributed by atoms with Gasteiger partial charge in [0, 0.05) is 13.2 Å². The average molecular weight is 190 g/mol. The van der Waals surface area contributed by atoms with Crippen molar-refractivity contribution >= 4 is 8.80 Å². The predicted octanol–water partition coefficient (Wildman–Crippen LogP) is 2.19. The fraction of sp³-hybridized carbons (Fsp3) is 1.00. The molecule has 0 aliphatic carbocycles. The molecule has 3 heteroatoms. The summed E-state index contributed by atoms with van der Waals surface area (Å²) in [7, 11) is -0.797. The van der Waals surface area contributed by atoms with Crippen LogP contribution in [0.15, 0.2) is 0 Å². The first-order valence-corrected chi connectivity index (χ1v) is 7.63. The van der Waals surface area contributed by atoms with Crippen molar-refractivity contribution in [1.29, 1.82) is 0 Å². The summed E-state index contributed by atoms with van der Waals surface area (Å²) in [6.07, 6.45) is 1.25. The Morgan fingerprint density at radius 3 is 1.92 bits per heavy atom. The van der Waals surface area contributed by atoms with Crippen LogP contribution in [0, 0.1) is 0 Å². The molecule has 0 heterocycles. The summed E-state index contributed by atoms with van der Waals surface area (Å²) >= 11 is 0. The van der Waals surface area contributed by atoms with Crippen LogP contribution in [0.1, 0.15) is 27.2 Å². The van der Waals surface area contributed by atoms with Gasteiger partial charge in [0.1, 0.15) is 14.7 Å². The van der Waals surface area contributed by atoms with E-state index in [1.54, 1.807) is 0 Å². The Hall–Kier alpha value is 0.137. The third-order valence-electron chi connectivity index (χ3n) is 1.87. The topological polar surface area (TPSA) is 18.5 Å². The Balaban J connectivity index is 3.72. The molecule has 0 aliphatic heterocycles. The van der Waals surface area contributed by atoms with Crippen LogP contribution in [0.5, 0.6) is 0 Å². The van der Waals surface area contributed by atoms with E-state index in [0.29, 0.717) is 0 Å². The molecule has 74 valence electrons. The molecule has 0 aromatic carbocycles. The Kier molecular flexibility index (Phi) is 7.86. The SMILES string of the molecule is CCC[SiH](C)C(OCC)OCC. The van der Waals surface area contributed by atoms with Gasteiger partial charge in [0.25, 0.3) is 0 Å². The highest BCUT2D eigenvalue weighted by molar-refractivity contribution is 6.58. The first-order chi connectivity index (χ1) is 5.76. The van der Waals surface area contributed by atoms with E-state index in [0.717, 1.165) is 13.2 Å². The third-order valence-corrected chi connectivity index (χ3v) is 4.67. The molecule has 0 saturated carbocycles. The Morgan fingerprint density at radius 1 is 1.08 bits per heavy atom. The van der Waals surface area contributed by atoms with Crippen LogP contribution in [0.2, 0.25) is 12.6 Å². The zero-order valence-electron chi connectivity index (χ0n) is 8.80. The Labute approximate surface area is 77.9 Å². The van der Waals surface area contributed by atoms with Gasteiger partial charge in [-0.25, -0.2) is 0 Å². The summed E-state index contributed by atoms with van der Waals surface area (Å²) in [5.41, 5.74) is 0. The van der Waals surface area contributed by atoms with Crippen LogP contribution >= 0.6 is 0 Å². The van der Waals surface area contributed by atoms with Crippen molar-refractivity contribution in [2.75, 3.05) is 13.2 Å². The van der Waals surface area contributed by atoms with Gasteiger partial charge < -0.3 is 9.47 Å². The van der Waals surface area contributed by atoms with Crippen LogP contribution in [-0.2, 0) is 9.47 Å². The zero-order valence-corrected chi connectivity index (χ0v) is 9.95. The molecule has 0 aliphatic rings. The number of hydrogen-bond donors (Lipinski definition) is 0. The molecule has 0 amide bonds. The maximum atomic E-state index is 5.54. The monoisotopic (exact) mass is 190 g/mol. The second-order valence-electron chi connectivity index (χ2n) is 3.05. The summed E-state index contributed by atoms with van der Waals surface area (Å²) < 4.78 is 11.1. The fourth-order valence-electron chi connectivity index (χ4n) is 1.30. The maximum absolute atomic E-state index is 5.54. The fourth-order valence-corrected chi connectivity index (χ4v) is 3.52. The van der Waals surface area contributed by atoms with Gasteiger partial charge in [-0.1, -0.05) is 25.9 Å². The van der Waals surface area contributed by atoms with Crippen molar-refractivity contribution in [2.24, 2.45) is 0 Å². The quantitative estimate of drug-likeness (QED) is 0.452. The van der Waals surface area contributed by atoms with E-state index in [9.17, 15) is 0 Å². The number of hydrogen-bond acceptors (Lipinski definition) is 2. The molecule has 0 radical (unpaired) electrons. The lowest BCUT2D eigenvalue weighted by Gasteiger charge is -2.22. The van der Waals surface area contributed by atoms with Crippen LogP contribution in [0.25, 0.3) is 0 Å². The summed E-state index contributed by atoms with van der Waals surface area (Å²) in [6, 6.07) is 1.31. The summed E-state index contributed by atoms with van der Waals surface area (Å²) in [6.45, 7) is 10.1. The van der Waals surface area contributed by atoms with E-state index in [-0.39, 0.29) is 5.91 Å². The average Bonchev–Trinajstić information content (AvgIpc) is 2.04. The Bertz CT molecular complexity index is 92.5. The van der Waals surface area contributed by atoms with Gasteiger partial charge in [0.15, 0.2) is 0 Å². The van der Waals surface area contributed by atoms with Crippen molar-refractivity contribution in [3.63, 3.8) is 0 Å². The van der Waals surface area contributed by atoms with E-state index in [2.05, 4.69) is 13.5 Å². The van der Waals surface area contributed by atoms with Gasteiger partial charge in [-0.05, 0) is 13.8 Å². The van der Waals surface area contributed by atoms with Crippen molar-refractivity contribution in [3.05, 3.63) is 0 Å². The lowest BCUT2D eigenvalue weighted by atomic mass is 10.6. The molecule has 1 atom stereocenters. The minimum absolute atomic E-state index is 0.139. The lowest BCUT2D eigenvalue weighted by molar-refractivity contribution is -0.0853. The van der Waals surface area contributed by atoms with E-state index < -0.39 is 8.80 Å². The molecule has 0 spiro atoms. The van der Waals surface area contributed by atoms with Gasteiger partial charge in [0.05, 0.1) is 0 Å². The smallest absolute Gasteiger partial charge is 0.138 e. The molecule has 2 nitrogen and oxygen atoms in total. The molecule has 0 saturated heterocycles. The van der Waals surface area contributed by atoms with Crippen molar-refractivity contribution in [1.82, 2.24) is 0 Å². The minimum Gasteiger partial charge on any atom is -0.357 e. The van der Waals surface area contributed by atoms with Crippen LogP contribution in [0.4, 0.5) is 0 Å². The summed E-state index contributed by atoms with van der Waals surface area (Å²) in [4.78, 5) is 0. The van der Waals surface area contributed by atoms with Gasteiger partial charge >= 0.3 is 0 Å². The highest BCUT2D eigenvalue weighted by Crippen LogP contribution is 2.07. The normalized spacial score (nSPS) is 13.8. The van der Waals surface area contributed by atoms with Crippen LogP contribution < -0.4 is 0 Å². The molecule has 0 aromatic rings. The van der Waals surface area contributed by atoms with E-state index >= 15 is 0 Å². The van der Waals surface area contributed by atoms with E-state index in [1.165, 1.54) is 12.5 Å². The zero-order chi connectivity index (χ0) is 9.40. The van der Waals surface area contributed by atoms with Crippen LogP contribution in [0.3, 0.4) is 0 Å². The first kappa shape index (κ1) is 12.1. The second-order valence-corrected chi connectivity index (χ2v) is 6.12. The first-order valence-electron chi connectivity index (χ1n) is 4.99. The third kappa shape index (κ3) is 4.90. The maximum Gasteiger partial charge on any atom is 0.138 e. The van der Waals surface area contributed by atoms with Crippen molar-refractivity contribution in [3.8, 4) is 0 Å². The van der Waals surface area contributed by atoms with Crippen molar-refractivity contribution < 1.29 is 9.47 Å². The largest absolute Gasteiger partial charge is 0.357 e. The van der Waals surface area contributed by atoms with Gasteiger partial charge in [-0.15, -0.1) is 0 Å². The standard InChI is InChI=1S/C9H22O2Si/c1-5-8-12(4)9(10-6-2)11-7-3/h9,12H,5-8H2,1-4H3. The predicted molar refractivity (Wildman–Crippen MR) is 55.2 cm³/mol. The van der Waals surface area contributed by atoms with Crippen LogP contribution in [-0.4, -0.2) is 27.9 Å². The highest BCUT2D eigenvalue weighted by atomic mass is 28.3. The van der Waals surface area contributed by atoms with E-state index in [4.69, 9.17) is 9.47 Å². The molecule has 0 N–H and O–H groups in total. The van der Waals surface area contributed by atoms with Gasteiger partial charge in [0.2, 0.25) is 0 Å². The van der Waals surface area contributed by atoms with Gasteiger partial charge in [-0.3, -0.25) is 0 Å². The Morgan fingerprint density at radius 2 is 1.58 bits per heavy atom. The van der Waals surface area contributed by atoms with E-state index in [1.807, 2.05) is 13.8 Å². The molecule has 0 rings (SSSR count). The number of ether oxygens (including phenoxy) is 2. The molecule has 12 heavy (non-hydrogen) atoms. The van der Waals surface area contributed by atoms with Crippen molar-refractivity contribution in [2.45, 2.75) is 45.7 Å². The molecule has 0 aromatic heterocycles. The number of rotatable bonds is 7. The summed E-state index contributed by atoms with van der Waals surface area (Å²) in [5, 5.41) is 0. The molecular weight excluding hydrogens is 168 g/mol. The van der Waals surface area contributed by atoms with Gasteiger partial charge in [-0.2, -0.15) is 0 Å². The highest BCUT2D eigenvalue weighted by Gasteiger charge is 2.17. The molecular formula is C9H22O2Si. The molecule has 0 fully saturated rings.